The summed E-state index contributed by atoms with van der Waals surface area (Å²) in [5.41, 5.74) is 0.905. The summed E-state index contributed by atoms with van der Waals surface area (Å²) >= 11 is 3.21. The third kappa shape index (κ3) is 3.15. The van der Waals surface area contributed by atoms with Crippen molar-refractivity contribution in [2.75, 3.05) is 0 Å². The van der Waals surface area contributed by atoms with E-state index in [-0.39, 0.29) is 0 Å². The van der Waals surface area contributed by atoms with Crippen molar-refractivity contribution in [3.05, 3.63) is 59.4 Å². The molecule has 19 heavy (non-hydrogen) atoms. The van der Waals surface area contributed by atoms with E-state index < -0.39 is 17.6 Å². The van der Waals surface area contributed by atoms with Gasteiger partial charge >= 0.3 is 6.18 Å². The highest BCUT2D eigenvalue weighted by Gasteiger charge is 2.30. The zero-order valence-electron chi connectivity index (χ0n) is 9.64. The van der Waals surface area contributed by atoms with Gasteiger partial charge in [-0.05, 0) is 41.0 Å². The number of halogens is 5. The second-order valence-corrected chi connectivity index (χ2v) is 4.57. The Kier molecular flexibility index (Phi) is 3.94. The van der Waals surface area contributed by atoms with Crippen LogP contribution in [0.5, 0.6) is 0 Å². The van der Waals surface area contributed by atoms with E-state index in [2.05, 4.69) is 15.9 Å². The van der Waals surface area contributed by atoms with E-state index in [0.717, 1.165) is 12.1 Å². The van der Waals surface area contributed by atoms with E-state index in [0.29, 0.717) is 22.0 Å². The van der Waals surface area contributed by atoms with Gasteiger partial charge in [-0.1, -0.05) is 34.1 Å². The third-order valence-electron chi connectivity index (χ3n) is 2.71. The molecular formula is C14H9BrF4. The summed E-state index contributed by atoms with van der Waals surface area (Å²) in [7, 11) is 0. The van der Waals surface area contributed by atoms with Crippen LogP contribution in [0, 0.1) is 5.82 Å². The van der Waals surface area contributed by atoms with Crippen molar-refractivity contribution in [3.63, 3.8) is 0 Å². The Bertz CT molecular complexity index is 590. The van der Waals surface area contributed by atoms with E-state index in [4.69, 9.17) is 0 Å². The molecule has 100 valence electrons. The fraction of sp³-hybridized carbons (Fsp3) is 0.143. The highest BCUT2D eigenvalue weighted by atomic mass is 79.9. The predicted octanol–water partition coefficient (Wildman–Crippen LogP) is 5.41. The monoisotopic (exact) mass is 332 g/mol. The molecule has 0 aromatic heterocycles. The number of hydrogen-bond acceptors (Lipinski definition) is 0. The summed E-state index contributed by atoms with van der Waals surface area (Å²) in [4.78, 5) is 0. The number of rotatable bonds is 2. The summed E-state index contributed by atoms with van der Waals surface area (Å²) in [5, 5.41) is 0.371. The van der Waals surface area contributed by atoms with Crippen LogP contribution in [0.25, 0.3) is 11.1 Å². The van der Waals surface area contributed by atoms with E-state index >= 15 is 0 Å². The molecule has 0 amide bonds. The standard InChI is InChI=1S/C14H9BrF4/c15-8-10-7-12(16)4-5-13(10)9-2-1-3-11(6-9)14(17,18)19/h1-7H,8H2. The Morgan fingerprint density at radius 1 is 1.00 bits per heavy atom. The minimum atomic E-state index is -4.38. The van der Waals surface area contributed by atoms with E-state index in [1.54, 1.807) is 6.07 Å². The minimum Gasteiger partial charge on any atom is -0.207 e. The molecule has 0 aliphatic heterocycles. The van der Waals surface area contributed by atoms with Crippen LogP contribution >= 0.6 is 15.9 Å². The van der Waals surface area contributed by atoms with Gasteiger partial charge in [0.15, 0.2) is 0 Å². The molecule has 2 aromatic carbocycles. The second kappa shape index (κ2) is 5.33. The fourth-order valence-corrected chi connectivity index (χ4v) is 2.28. The zero-order valence-corrected chi connectivity index (χ0v) is 11.2. The van der Waals surface area contributed by atoms with Crippen LogP contribution in [0.4, 0.5) is 17.6 Å². The number of alkyl halides is 4. The van der Waals surface area contributed by atoms with E-state index in [1.165, 1.54) is 24.3 Å². The molecule has 0 aliphatic rings. The van der Waals surface area contributed by atoms with Gasteiger partial charge in [0.1, 0.15) is 5.82 Å². The summed E-state index contributed by atoms with van der Waals surface area (Å²) in [6.45, 7) is 0. The normalized spacial score (nSPS) is 11.6. The first-order valence-corrected chi connectivity index (χ1v) is 6.56. The Morgan fingerprint density at radius 2 is 1.74 bits per heavy atom. The molecule has 0 bridgehead atoms. The van der Waals surface area contributed by atoms with Gasteiger partial charge in [0, 0.05) is 5.33 Å². The van der Waals surface area contributed by atoms with Crippen LogP contribution in [0.2, 0.25) is 0 Å². The molecule has 0 heterocycles. The van der Waals surface area contributed by atoms with Gasteiger partial charge in [-0.25, -0.2) is 4.39 Å². The van der Waals surface area contributed by atoms with Crippen molar-refractivity contribution < 1.29 is 17.6 Å². The summed E-state index contributed by atoms with van der Waals surface area (Å²) in [5.74, 6) is -0.412. The smallest absolute Gasteiger partial charge is 0.207 e. The molecule has 0 atom stereocenters. The molecule has 0 radical (unpaired) electrons. The maximum Gasteiger partial charge on any atom is 0.416 e. The van der Waals surface area contributed by atoms with E-state index in [9.17, 15) is 17.6 Å². The van der Waals surface area contributed by atoms with Crippen molar-refractivity contribution in [1.29, 1.82) is 0 Å². The topological polar surface area (TPSA) is 0 Å². The van der Waals surface area contributed by atoms with E-state index in [1.807, 2.05) is 0 Å². The van der Waals surface area contributed by atoms with Gasteiger partial charge in [0.2, 0.25) is 0 Å². The molecule has 0 fully saturated rings. The van der Waals surface area contributed by atoms with Crippen molar-refractivity contribution in [3.8, 4) is 11.1 Å². The zero-order chi connectivity index (χ0) is 14.0. The lowest BCUT2D eigenvalue weighted by Gasteiger charge is -2.11. The van der Waals surface area contributed by atoms with Crippen molar-refractivity contribution in [2.45, 2.75) is 11.5 Å². The van der Waals surface area contributed by atoms with Crippen molar-refractivity contribution >= 4 is 15.9 Å². The van der Waals surface area contributed by atoms with Gasteiger partial charge in [0.25, 0.3) is 0 Å². The average Bonchev–Trinajstić information content (AvgIpc) is 2.37. The quantitative estimate of drug-likeness (QED) is 0.509. The van der Waals surface area contributed by atoms with Gasteiger partial charge in [-0.3, -0.25) is 0 Å². The lowest BCUT2D eigenvalue weighted by Crippen LogP contribution is -2.04. The molecule has 0 unspecified atom stereocenters. The predicted molar refractivity (Wildman–Crippen MR) is 69.5 cm³/mol. The third-order valence-corrected chi connectivity index (χ3v) is 3.32. The molecule has 5 heteroatoms. The highest BCUT2D eigenvalue weighted by molar-refractivity contribution is 9.08. The minimum absolute atomic E-state index is 0.371. The van der Waals surface area contributed by atoms with Gasteiger partial charge in [-0.15, -0.1) is 0 Å². The number of benzene rings is 2. The highest BCUT2D eigenvalue weighted by Crippen LogP contribution is 2.33. The Morgan fingerprint density at radius 3 is 2.37 bits per heavy atom. The summed E-state index contributed by atoms with van der Waals surface area (Å²) in [6.07, 6.45) is -4.38. The van der Waals surface area contributed by atoms with Gasteiger partial charge < -0.3 is 0 Å². The van der Waals surface area contributed by atoms with Gasteiger partial charge in [0.05, 0.1) is 5.56 Å². The molecule has 0 nitrogen and oxygen atoms in total. The first kappa shape index (κ1) is 14.1. The van der Waals surface area contributed by atoms with Crippen LogP contribution in [-0.4, -0.2) is 0 Å². The Labute approximate surface area is 116 Å². The first-order chi connectivity index (χ1) is 8.91. The molecule has 2 rings (SSSR count). The Hall–Kier alpha value is -1.36. The largest absolute Gasteiger partial charge is 0.416 e. The summed E-state index contributed by atoms with van der Waals surface area (Å²) < 4.78 is 51.1. The molecule has 2 aromatic rings. The van der Waals surface area contributed by atoms with Crippen LogP contribution in [-0.2, 0) is 11.5 Å². The van der Waals surface area contributed by atoms with Crippen LogP contribution in [0.3, 0.4) is 0 Å². The molecule has 0 aliphatic carbocycles. The molecule has 0 saturated heterocycles. The van der Waals surface area contributed by atoms with Crippen LogP contribution in [0.15, 0.2) is 42.5 Å². The van der Waals surface area contributed by atoms with Crippen molar-refractivity contribution in [2.24, 2.45) is 0 Å². The van der Waals surface area contributed by atoms with Crippen LogP contribution in [0.1, 0.15) is 11.1 Å². The lowest BCUT2D eigenvalue weighted by atomic mass is 9.98. The lowest BCUT2D eigenvalue weighted by molar-refractivity contribution is -0.137. The average molecular weight is 333 g/mol. The molecule has 0 saturated carbocycles. The maximum absolute atomic E-state index is 13.1. The number of hydrogen-bond donors (Lipinski definition) is 0. The molecule has 0 N–H and O–H groups in total. The SMILES string of the molecule is Fc1ccc(-c2cccc(C(F)(F)F)c2)c(CBr)c1. The molecule has 0 spiro atoms. The fourth-order valence-electron chi connectivity index (χ4n) is 1.82. The van der Waals surface area contributed by atoms with Gasteiger partial charge in [-0.2, -0.15) is 13.2 Å². The van der Waals surface area contributed by atoms with Crippen molar-refractivity contribution in [1.82, 2.24) is 0 Å². The first-order valence-electron chi connectivity index (χ1n) is 5.44. The Balaban J connectivity index is 2.53. The van der Waals surface area contributed by atoms with Crippen LogP contribution < -0.4 is 0 Å². The molecular weight excluding hydrogens is 324 g/mol. The maximum atomic E-state index is 13.1. The summed E-state index contributed by atoms with van der Waals surface area (Å²) in [6, 6.07) is 9.04. The second-order valence-electron chi connectivity index (χ2n) is 4.01.